The van der Waals surface area contributed by atoms with Crippen molar-refractivity contribution in [3.63, 3.8) is 0 Å². The average Bonchev–Trinajstić information content (AvgIpc) is 2.84. The van der Waals surface area contributed by atoms with Gasteiger partial charge in [0, 0.05) is 18.8 Å². The molecule has 2 heterocycles. The number of hydrogen-bond acceptors (Lipinski definition) is 3. The number of aryl methyl sites for hydroxylation is 1. The Morgan fingerprint density at radius 3 is 3.00 bits per heavy atom. The molecule has 0 atom stereocenters. The number of fused-ring (bicyclic) bond motifs is 1. The lowest BCUT2D eigenvalue weighted by molar-refractivity contribution is 0.602. The maximum absolute atomic E-state index is 5.26. The van der Waals surface area contributed by atoms with Crippen LogP contribution in [0.3, 0.4) is 0 Å². The second kappa shape index (κ2) is 2.95. The monoisotopic (exact) mass is 199 g/mol. The fourth-order valence-electron chi connectivity index (χ4n) is 1.67. The molecule has 3 rings (SSSR count). The van der Waals surface area contributed by atoms with E-state index in [-0.39, 0.29) is 0 Å². The topological polar surface area (TPSA) is 43.9 Å². The summed E-state index contributed by atoms with van der Waals surface area (Å²) in [6.07, 6.45) is 3.23. The van der Waals surface area contributed by atoms with Crippen LogP contribution in [0.5, 0.6) is 0 Å². The first kappa shape index (κ1) is 8.23. The zero-order valence-corrected chi connectivity index (χ0v) is 8.21. The molecule has 2 aromatic heterocycles. The lowest BCUT2D eigenvalue weighted by Gasteiger charge is -2.00. The van der Waals surface area contributed by atoms with Gasteiger partial charge in [-0.1, -0.05) is 6.07 Å². The Hall–Kier alpha value is -2.10. The summed E-state index contributed by atoms with van der Waals surface area (Å²) in [6, 6.07) is 7.90. The molecule has 74 valence electrons. The Morgan fingerprint density at radius 1 is 1.27 bits per heavy atom. The molecule has 4 heteroatoms. The van der Waals surface area contributed by atoms with Crippen molar-refractivity contribution in [3.05, 3.63) is 36.9 Å². The fourth-order valence-corrected chi connectivity index (χ4v) is 1.67. The van der Waals surface area contributed by atoms with Crippen molar-refractivity contribution in [3.8, 4) is 11.3 Å². The molecule has 0 unspecified atom stereocenters. The summed E-state index contributed by atoms with van der Waals surface area (Å²) in [6.45, 7) is 0. The number of oxazole rings is 1. The van der Waals surface area contributed by atoms with Crippen molar-refractivity contribution in [2.24, 2.45) is 7.05 Å². The summed E-state index contributed by atoms with van der Waals surface area (Å²) < 4.78 is 7.09. The number of rotatable bonds is 1. The third-order valence-corrected chi connectivity index (χ3v) is 2.45. The van der Waals surface area contributed by atoms with E-state index in [0.717, 1.165) is 22.4 Å². The van der Waals surface area contributed by atoms with Crippen molar-refractivity contribution in [1.29, 1.82) is 0 Å². The first-order valence-corrected chi connectivity index (χ1v) is 4.66. The largest absolute Gasteiger partial charge is 0.443 e. The average molecular weight is 199 g/mol. The maximum atomic E-state index is 5.26. The van der Waals surface area contributed by atoms with Crippen LogP contribution in [0.2, 0.25) is 0 Å². The van der Waals surface area contributed by atoms with Crippen LogP contribution in [0.1, 0.15) is 0 Å². The van der Waals surface area contributed by atoms with Crippen molar-refractivity contribution in [1.82, 2.24) is 14.8 Å². The molecule has 15 heavy (non-hydrogen) atoms. The van der Waals surface area contributed by atoms with Gasteiger partial charge in [0.05, 0.1) is 5.69 Å². The molecular formula is C11H9N3O. The second-order valence-electron chi connectivity index (χ2n) is 3.37. The lowest BCUT2D eigenvalue weighted by Crippen LogP contribution is -1.92. The van der Waals surface area contributed by atoms with E-state index >= 15 is 0 Å². The molecule has 0 spiro atoms. The van der Waals surface area contributed by atoms with Gasteiger partial charge < -0.3 is 4.42 Å². The Morgan fingerprint density at radius 2 is 2.20 bits per heavy atom. The minimum Gasteiger partial charge on any atom is -0.443 e. The first-order chi connectivity index (χ1) is 7.34. The summed E-state index contributed by atoms with van der Waals surface area (Å²) in [5.74, 6) is 0. The zero-order chi connectivity index (χ0) is 10.3. The molecule has 3 aromatic rings. The quantitative estimate of drug-likeness (QED) is 0.603. The van der Waals surface area contributed by atoms with Crippen LogP contribution < -0.4 is 0 Å². The van der Waals surface area contributed by atoms with E-state index in [2.05, 4.69) is 10.1 Å². The molecule has 0 bridgehead atoms. The van der Waals surface area contributed by atoms with Gasteiger partial charge in [0.1, 0.15) is 5.52 Å². The molecule has 0 fully saturated rings. The third-order valence-electron chi connectivity index (χ3n) is 2.45. The highest BCUT2D eigenvalue weighted by Crippen LogP contribution is 2.22. The summed E-state index contributed by atoms with van der Waals surface area (Å²) in [7, 11) is 1.92. The highest BCUT2D eigenvalue weighted by Gasteiger charge is 2.05. The summed E-state index contributed by atoms with van der Waals surface area (Å²) >= 11 is 0. The molecular weight excluding hydrogens is 190 g/mol. The molecule has 0 N–H and O–H groups in total. The van der Waals surface area contributed by atoms with Gasteiger partial charge in [-0.05, 0) is 18.2 Å². The first-order valence-electron chi connectivity index (χ1n) is 4.66. The minimum atomic E-state index is 0.800. The Kier molecular flexibility index (Phi) is 1.62. The minimum absolute atomic E-state index is 0.800. The van der Waals surface area contributed by atoms with Crippen LogP contribution in [-0.4, -0.2) is 14.8 Å². The van der Waals surface area contributed by atoms with Gasteiger partial charge in [0.15, 0.2) is 12.0 Å². The van der Waals surface area contributed by atoms with E-state index < -0.39 is 0 Å². The highest BCUT2D eigenvalue weighted by atomic mass is 16.3. The standard InChI is InChI=1S/C11H9N3O/c1-14-10(4-5-13-14)8-2-3-9-11(6-8)15-7-12-9/h2-7H,1H3. The van der Waals surface area contributed by atoms with Gasteiger partial charge in [0.25, 0.3) is 0 Å². The summed E-state index contributed by atoms with van der Waals surface area (Å²) in [5, 5.41) is 4.13. The molecule has 0 aliphatic carbocycles. The molecule has 0 radical (unpaired) electrons. The van der Waals surface area contributed by atoms with Gasteiger partial charge in [0.2, 0.25) is 0 Å². The van der Waals surface area contributed by atoms with Crippen LogP contribution in [0, 0.1) is 0 Å². The zero-order valence-electron chi connectivity index (χ0n) is 8.21. The highest BCUT2D eigenvalue weighted by molar-refractivity contribution is 5.78. The van der Waals surface area contributed by atoms with Crippen LogP contribution in [-0.2, 0) is 7.05 Å². The van der Waals surface area contributed by atoms with Gasteiger partial charge >= 0.3 is 0 Å². The van der Waals surface area contributed by atoms with E-state index in [0.29, 0.717) is 0 Å². The fraction of sp³-hybridized carbons (Fsp3) is 0.0909. The van der Waals surface area contributed by atoms with E-state index in [1.807, 2.05) is 36.0 Å². The molecule has 0 saturated carbocycles. The summed E-state index contributed by atoms with van der Waals surface area (Å²) in [5.41, 5.74) is 3.82. The number of benzene rings is 1. The molecule has 0 aliphatic heterocycles. The smallest absolute Gasteiger partial charge is 0.181 e. The molecule has 0 saturated heterocycles. The lowest BCUT2D eigenvalue weighted by atomic mass is 10.1. The second-order valence-corrected chi connectivity index (χ2v) is 3.37. The van der Waals surface area contributed by atoms with Crippen molar-refractivity contribution < 1.29 is 4.42 Å². The molecule has 1 aromatic carbocycles. The van der Waals surface area contributed by atoms with E-state index in [1.54, 1.807) is 6.20 Å². The van der Waals surface area contributed by atoms with E-state index in [9.17, 15) is 0 Å². The normalized spacial score (nSPS) is 11.0. The molecule has 0 amide bonds. The van der Waals surface area contributed by atoms with Gasteiger partial charge in [-0.2, -0.15) is 5.10 Å². The number of nitrogens with zero attached hydrogens (tertiary/aromatic N) is 3. The molecule has 4 nitrogen and oxygen atoms in total. The van der Waals surface area contributed by atoms with Gasteiger partial charge in [-0.25, -0.2) is 4.98 Å². The Bertz CT molecular complexity index is 609. The third kappa shape index (κ3) is 1.22. The predicted octanol–water partition coefficient (Wildman–Crippen LogP) is 2.23. The van der Waals surface area contributed by atoms with E-state index in [1.165, 1.54) is 6.39 Å². The Labute approximate surface area is 86.2 Å². The maximum Gasteiger partial charge on any atom is 0.181 e. The Balaban J connectivity index is 2.23. The van der Waals surface area contributed by atoms with Gasteiger partial charge in [-0.15, -0.1) is 0 Å². The van der Waals surface area contributed by atoms with Crippen LogP contribution >= 0.6 is 0 Å². The van der Waals surface area contributed by atoms with Crippen molar-refractivity contribution >= 4 is 11.1 Å². The number of hydrogen-bond donors (Lipinski definition) is 0. The van der Waals surface area contributed by atoms with Gasteiger partial charge in [-0.3, -0.25) is 4.68 Å². The van der Waals surface area contributed by atoms with Crippen LogP contribution in [0.4, 0.5) is 0 Å². The summed E-state index contributed by atoms with van der Waals surface area (Å²) in [4.78, 5) is 4.07. The SMILES string of the molecule is Cn1nccc1-c1ccc2ncoc2c1. The van der Waals surface area contributed by atoms with Crippen molar-refractivity contribution in [2.75, 3.05) is 0 Å². The van der Waals surface area contributed by atoms with Crippen LogP contribution in [0.25, 0.3) is 22.4 Å². The molecule has 0 aliphatic rings. The van der Waals surface area contributed by atoms with Crippen molar-refractivity contribution in [2.45, 2.75) is 0 Å². The number of aromatic nitrogens is 3. The predicted molar refractivity (Wildman–Crippen MR) is 56.2 cm³/mol. The van der Waals surface area contributed by atoms with Crippen LogP contribution in [0.15, 0.2) is 41.3 Å². The van der Waals surface area contributed by atoms with E-state index in [4.69, 9.17) is 4.42 Å².